The maximum Gasteiger partial charge on any atom is 0.242 e. The van der Waals surface area contributed by atoms with E-state index in [1.54, 1.807) is 29.4 Å². The third-order valence-corrected chi connectivity index (χ3v) is 3.09. The number of hydrogen-bond acceptors (Lipinski definition) is 5. The molecule has 0 radical (unpaired) electrons. The van der Waals surface area contributed by atoms with Gasteiger partial charge in [0.1, 0.15) is 6.04 Å². The quantitative estimate of drug-likeness (QED) is 0.600. The number of hydrogen-bond donors (Lipinski definition) is 3. The number of nitrogens with zero attached hydrogens (tertiary/aromatic N) is 2. The van der Waals surface area contributed by atoms with E-state index in [1.807, 2.05) is 0 Å². The van der Waals surface area contributed by atoms with Crippen molar-refractivity contribution in [2.24, 2.45) is 11.5 Å². The highest BCUT2D eigenvalue weighted by atomic mass is 16.3. The van der Waals surface area contributed by atoms with Gasteiger partial charge >= 0.3 is 0 Å². The second-order valence-electron chi connectivity index (χ2n) is 4.19. The Kier molecular flexibility index (Phi) is 3.26. The number of carbonyl (C=O) groups is 1. The van der Waals surface area contributed by atoms with E-state index in [4.69, 9.17) is 11.5 Å². The van der Waals surface area contributed by atoms with E-state index in [-0.39, 0.29) is 0 Å². The smallest absolute Gasteiger partial charge is 0.242 e. The van der Waals surface area contributed by atoms with Gasteiger partial charge in [0, 0.05) is 30.7 Å². The van der Waals surface area contributed by atoms with Crippen LogP contribution >= 0.6 is 0 Å². The van der Waals surface area contributed by atoms with Crippen molar-refractivity contribution in [1.82, 2.24) is 4.98 Å². The fourth-order valence-corrected chi connectivity index (χ4v) is 2.16. The SMILES string of the molecule is NC(=O)C1C(O)C(N)CCN1c1ccncc1. The van der Waals surface area contributed by atoms with Crippen LogP contribution in [0.4, 0.5) is 5.69 Å². The lowest BCUT2D eigenvalue weighted by Crippen LogP contribution is -2.62. The summed E-state index contributed by atoms with van der Waals surface area (Å²) in [5.74, 6) is -0.565. The summed E-state index contributed by atoms with van der Waals surface area (Å²) >= 11 is 0. The molecule has 0 aromatic carbocycles. The topological polar surface area (TPSA) is 105 Å². The second-order valence-corrected chi connectivity index (χ2v) is 4.19. The zero-order valence-electron chi connectivity index (χ0n) is 9.36. The number of piperidine rings is 1. The summed E-state index contributed by atoms with van der Waals surface area (Å²) < 4.78 is 0. The molecule has 1 aromatic heterocycles. The number of pyridine rings is 1. The summed E-state index contributed by atoms with van der Waals surface area (Å²) in [4.78, 5) is 17.1. The third-order valence-electron chi connectivity index (χ3n) is 3.09. The van der Waals surface area contributed by atoms with Gasteiger partial charge in [-0.3, -0.25) is 9.78 Å². The molecular formula is C11H16N4O2. The Morgan fingerprint density at radius 3 is 2.71 bits per heavy atom. The van der Waals surface area contributed by atoms with Crippen molar-refractivity contribution >= 4 is 11.6 Å². The molecule has 1 fully saturated rings. The van der Waals surface area contributed by atoms with Gasteiger partial charge in [-0.1, -0.05) is 0 Å². The molecule has 1 amide bonds. The molecule has 1 aromatic rings. The molecule has 1 saturated heterocycles. The number of primary amides is 1. The molecule has 3 unspecified atom stereocenters. The van der Waals surface area contributed by atoms with Crippen LogP contribution in [0, 0.1) is 0 Å². The molecule has 92 valence electrons. The Hall–Kier alpha value is -1.66. The summed E-state index contributed by atoms with van der Waals surface area (Å²) in [5.41, 5.74) is 11.9. The molecule has 5 N–H and O–H groups in total. The average Bonchev–Trinajstić information content (AvgIpc) is 2.33. The highest BCUT2D eigenvalue weighted by Gasteiger charge is 2.38. The second kappa shape index (κ2) is 4.68. The van der Waals surface area contributed by atoms with Crippen molar-refractivity contribution < 1.29 is 9.90 Å². The minimum atomic E-state index is -0.936. The molecule has 3 atom stereocenters. The fourth-order valence-electron chi connectivity index (χ4n) is 2.16. The first-order chi connectivity index (χ1) is 8.11. The van der Waals surface area contributed by atoms with Gasteiger partial charge in [0.15, 0.2) is 0 Å². The van der Waals surface area contributed by atoms with E-state index in [9.17, 15) is 9.90 Å². The standard InChI is InChI=1S/C11H16N4O2/c12-8-3-6-15(7-1-4-14-5-2-7)9(10(8)16)11(13)17/h1-2,4-5,8-10,16H,3,6,12H2,(H2,13,17). The Labute approximate surface area is 99.2 Å². The molecule has 0 bridgehead atoms. The summed E-state index contributed by atoms with van der Waals surface area (Å²) in [6, 6.07) is 2.37. The molecule has 0 spiro atoms. The van der Waals surface area contributed by atoms with Gasteiger partial charge in [-0.2, -0.15) is 0 Å². The van der Waals surface area contributed by atoms with Crippen LogP contribution in [0.25, 0.3) is 0 Å². The minimum Gasteiger partial charge on any atom is -0.389 e. The lowest BCUT2D eigenvalue weighted by molar-refractivity contribution is -0.122. The van der Waals surface area contributed by atoms with Gasteiger partial charge in [0.2, 0.25) is 5.91 Å². The third kappa shape index (κ3) is 2.22. The minimum absolute atomic E-state index is 0.411. The number of aromatic nitrogens is 1. The molecule has 6 nitrogen and oxygen atoms in total. The highest BCUT2D eigenvalue weighted by Crippen LogP contribution is 2.23. The number of aliphatic hydroxyl groups excluding tert-OH is 1. The van der Waals surface area contributed by atoms with Crippen LogP contribution < -0.4 is 16.4 Å². The number of rotatable bonds is 2. The average molecular weight is 236 g/mol. The number of anilines is 1. The Bertz CT molecular complexity index is 398. The monoisotopic (exact) mass is 236 g/mol. The molecule has 17 heavy (non-hydrogen) atoms. The van der Waals surface area contributed by atoms with Crippen molar-refractivity contribution in [1.29, 1.82) is 0 Å². The van der Waals surface area contributed by atoms with Gasteiger partial charge in [-0.05, 0) is 18.6 Å². The molecule has 1 aliphatic heterocycles. The van der Waals surface area contributed by atoms with Gasteiger partial charge in [0.25, 0.3) is 0 Å². The predicted octanol–water partition coefficient (Wildman–Crippen LogP) is -1.17. The van der Waals surface area contributed by atoms with Gasteiger partial charge in [0.05, 0.1) is 6.10 Å². The van der Waals surface area contributed by atoms with E-state index in [0.29, 0.717) is 13.0 Å². The van der Waals surface area contributed by atoms with Crippen LogP contribution in [0.5, 0.6) is 0 Å². The fraction of sp³-hybridized carbons (Fsp3) is 0.455. The molecule has 0 saturated carbocycles. The summed E-state index contributed by atoms with van der Waals surface area (Å²) in [6.45, 7) is 0.593. The summed E-state index contributed by atoms with van der Waals surface area (Å²) in [5, 5.41) is 9.96. The van der Waals surface area contributed by atoms with E-state index >= 15 is 0 Å². The molecule has 0 aliphatic carbocycles. The molecule has 6 heteroatoms. The Morgan fingerprint density at radius 1 is 1.47 bits per heavy atom. The molecule has 2 rings (SSSR count). The van der Waals surface area contributed by atoms with Crippen molar-refractivity contribution in [3.05, 3.63) is 24.5 Å². The Morgan fingerprint density at radius 2 is 2.12 bits per heavy atom. The normalized spacial score (nSPS) is 29.1. The van der Waals surface area contributed by atoms with Crippen LogP contribution in [-0.4, -0.2) is 40.7 Å². The first-order valence-electron chi connectivity index (χ1n) is 5.51. The van der Waals surface area contributed by atoms with E-state index in [0.717, 1.165) is 5.69 Å². The lowest BCUT2D eigenvalue weighted by atomic mass is 9.93. The summed E-state index contributed by atoms with van der Waals surface area (Å²) in [7, 11) is 0. The van der Waals surface area contributed by atoms with Crippen LogP contribution in [0.1, 0.15) is 6.42 Å². The van der Waals surface area contributed by atoms with Crippen molar-refractivity contribution in [2.45, 2.75) is 24.6 Å². The van der Waals surface area contributed by atoms with Gasteiger partial charge < -0.3 is 21.5 Å². The molecular weight excluding hydrogens is 220 g/mol. The lowest BCUT2D eigenvalue weighted by Gasteiger charge is -2.41. The maximum absolute atomic E-state index is 11.4. The number of nitrogens with two attached hydrogens (primary N) is 2. The maximum atomic E-state index is 11.4. The van der Waals surface area contributed by atoms with E-state index < -0.39 is 24.1 Å². The first-order valence-corrected chi connectivity index (χ1v) is 5.51. The first kappa shape index (κ1) is 11.8. The van der Waals surface area contributed by atoms with E-state index in [2.05, 4.69) is 4.98 Å². The zero-order chi connectivity index (χ0) is 12.4. The van der Waals surface area contributed by atoms with Crippen LogP contribution in [0.15, 0.2) is 24.5 Å². The highest BCUT2D eigenvalue weighted by molar-refractivity contribution is 5.84. The van der Waals surface area contributed by atoms with Crippen molar-refractivity contribution in [2.75, 3.05) is 11.4 Å². The van der Waals surface area contributed by atoms with Gasteiger partial charge in [-0.25, -0.2) is 0 Å². The van der Waals surface area contributed by atoms with Gasteiger partial charge in [-0.15, -0.1) is 0 Å². The number of carbonyl (C=O) groups excluding carboxylic acids is 1. The molecule has 2 heterocycles. The predicted molar refractivity (Wildman–Crippen MR) is 63.2 cm³/mol. The molecule has 1 aliphatic rings. The van der Waals surface area contributed by atoms with Crippen molar-refractivity contribution in [3.63, 3.8) is 0 Å². The van der Waals surface area contributed by atoms with Crippen molar-refractivity contribution in [3.8, 4) is 0 Å². The van der Waals surface area contributed by atoms with Crippen LogP contribution in [0.3, 0.4) is 0 Å². The Balaban J connectivity index is 2.29. The number of amides is 1. The van der Waals surface area contributed by atoms with Crippen LogP contribution in [0.2, 0.25) is 0 Å². The summed E-state index contributed by atoms with van der Waals surface area (Å²) in [6.07, 6.45) is 2.95. The number of aliphatic hydroxyl groups is 1. The van der Waals surface area contributed by atoms with E-state index in [1.165, 1.54) is 0 Å². The van der Waals surface area contributed by atoms with Crippen LogP contribution in [-0.2, 0) is 4.79 Å². The zero-order valence-corrected chi connectivity index (χ0v) is 9.36. The largest absolute Gasteiger partial charge is 0.389 e.